The normalized spacial score (nSPS) is 10.4. The van der Waals surface area contributed by atoms with Crippen molar-refractivity contribution in [1.29, 1.82) is 0 Å². The molecular formula is C19H18N4O2. The molecule has 6 nitrogen and oxygen atoms in total. The Kier molecular flexibility index (Phi) is 4.61. The van der Waals surface area contributed by atoms with E-state index in [1.54, 1.807) is 18.2 Å². The predicted octanol–water partition coefficient (Wildman–Crippen LogP) is 3.06. The minimum atomic E-state index is -0.930. The lowest BCUT2D eigenvalue weighted by atomic mass is 9.98. The summed E-state index contributed by atoms with van der Waals surface area (Å²) in [4.78, 5) is 21.4. The van der Waals surface area contributed by atoms with Gasteiger partial charge in [0.25, 0.3) is 0 Å². The molecule has 3 rings (SSSR count). The molecule has 0 aliphatic rings. The molecule has 0 aliphatic carbocycles. The van der Waals surface area contributed by atoms with Crippen LogP contribution in [0.3, 0.4) is 0 Å². The fourth-order valence-electron chi connectivity index (χ4n) is 2.64. The number of carbonyl (C=O) groups is 1. The Hall–Kier alpha value is -3.41. The van der Waals surface area contributed by atoms with Crippen molar-refractivity contribution < 1.29 is 9.90 Å². The highest BCUT2D eigenvalue weighted by molar-refractivity contribution is 5.95. The van der Waals surface area contributed by atoms with Crippen molar-refractivity contribution in [3.63, 3.8) is 0 Å². The first-order chi connectivity index (χ1) is 12.0. The maximum Gasteiger partial charge on any atom is 0.336 e. The van der Waals surface area contributed by atoms with Crippen LogP contribution >= 0.6 is 0 Å². The lowest BCUT2D eigenvalue weighted by Crippen LogP contribution is -2.18. The van der Waals surface area contributed by atoms with Gasteiger partial charge < -0.3 is 15.7 Å². The Morgan fingerprint density at radius 2 is 1.84 bits per heavy atom. The van der Waals surface area contributed by atoms with Crippen molar-refractivity contribution >= 4 is 17.6 Å². The first-order valence-corrected chi connectivity index (χ1v) is 7.75. The average Bonchev–Trinajstić information content (AvgIpc) is 2.62. The first-order valence-electron chi connectivity index (χ1n) is 7.75. The van der Waals surface area contributed by atoms with E-state index in [1.807, 2.05) is 48.3 Å². The highest BCUT2D eigenvalue weighted by Crippen LogP contribution is 2.24. The summed E-state index contributed by atoms with van der Waals surface area (Å²) in [5.74, 6) is 0.242. The third-order valence-electron chi connectivity index (χ3n) is 3.91. The SMILES string of the molecule is CN(Cc1ccc(-c2ccccc2C(=O)O)cc1)c1cc(N)ncn1. The zero-order chi connectivity index (χ0) is 17.8. The number of carboxylic acids is 1. The van der Waals surface area contributed by atoms with Crippen LogP contribution in [0.2, 0.25) is 0 Å². The van der Waals surface area contributed by atoms with E-state index in [0.717, 1.165) is 16.9 Å². The second-order valence-corrected chi connectivity index (χ2v) is 5.70. The molecule has 25 heavy (non-hydrogen) atoms. The Morgan fingerprint density at radius 3 is 2.52 bits per heavy atom. The van der Waals surface area contributed by atoms with E-state index in [1.165, 1.54) is 6.33 Å². The van der Waals surface area contributed by atoms with Gasteiger partial charge in [0.15, 0.2) is 0 Å². The standard InChI is InChI=1S/C19H18N4O2/c1-23(18-10-17(20)21-12-22-18)11-13-6-8-14(9-7-13)15-4-2-3-5-16(15)19(24)25/h2-10,12H,11H2,1H3,(H,24,25)(H2,20,21,22). The molecule has 2 aromatic carbocycles. The second-order valence-electron chi connectivity index (χ2n) is 5.70. The topological polar surface area (TPSA) is 92.3 Å². The number of hydrogen-bond acceptors (Lipinski definition) is 5. The smallest absolute Gasteiger partial charge is 0.336 e. The van der Waals surface area contributed by atoms with Gasteiger partial charge in [-0.05, 0) is 22.8 Å². The van der Waals surface area contributed by atoms with Crippen LogP contribution in [-0.2, 0) is 6.54 Å². The molecular weight excluding hydrogens is 316 g/mol. The van der Waals surface area contributed by atoms with Crippen LogP contribution in [0.4, 0.5) is 11.6 Å². The van der Waals surface area contributed by atoms with Crippen molar-refractivity contribution in [1.82, 2.24) is 9.97 Å². The van der Waals surface area contributed by atoms with E-state index in [9.17, 15) is 9.90 Å². The number of rotatable bonds is 5. The molecule has 0 saturated heterocycles. The number of nitrogens with zero attached hydrogens (tertiary/aromatic N) is 3. The fraction of sp³-hybridized carbons (Fsp3) is 0.105. The number of anilines is 2. The quantitative estimate of drug-likeness (QED) is 0.745. The van der Waals surface area contributed by atoms with Crippen LogP contribution in [-0.4, -0.2) is 28.1 Å². The Bertz CT molecular complexity index is 894. The zero-order valence-corrected chi connectivity index (χ0v) is 13.8. The van der Waals surface area contributed by atoms with Gasteiger partial charge in [-0.3, -0.25) is 0 Å². The summed E-state index contributed by atoms with van der Waals surface area (Å²) in [6.45, 7) is 0.650. The molecule has 0 atom stereocenters. The van der Waals surface area contributed by atoms with Gasteiger partial charge in [-0.25, -0.2) is 14.8 Å². The van der Waals surface area contributed by atoms with E-state index in [0.29, 0.717) is 23.5 Å². The van der Waals surface area contributed by atoms with Crippen LogP contribution in [0.15, 0.2) is 60.9 Å². The number of hydrogen-bond donors (Lipinski definition) is 2. The monoisotopic (exact) mass is 334 g/mol. The second kappa shape index (κ2) is 7.00. The number of aromatic nitrogens is 2. The van der Waals surface area contributed by atoms with Gasteiger partial charge >= 0.3 is 5.97 Å². The van der Waals surface area contributed by atoms with Crippen molar-refractivity contribution in [3.05, 3.63) is 72.1 Å². The van der Waals surface area contributed by atoms with Gasteiger partial charge in [0.2, 0.25) is 0 Å². The number of benzene rings is 2. The maximum atomic E-state index is 11.4. The molecule has 0 aliphatic heterocycles. The van der Waals surface area contributed by atoms with Crippen molar-refractivity contribution in [3.8, 4) is 11.1 Å². The molecule has 1 aromatic heterocycles. The van der Waals surface area contributed by atoms with E-state index < -0.39 is 5.97 Å². The molecule has 0 saturated carbocycles. The molecule has 1 heterocycles. The van der Waals surface area contributed by atoms with Crippen LogP contribution in [0, 0.1) is 0 Å². The van der Waals surface area contributed by atoms with E-state index in [4.69, 9.17) is 5.73 Å². The predicted molar refractivity (Wildman–Crippen MR) is 97.4 cm³/mol. The molecule has 0 radical (unpaired) electrons. The lowest BCUT2D eigenvalue weighted by Gasteiger charge is -2.18. The Labute approximate surface area is 145 Å². The van der Waals surface area contributed by atoms with E-state index in [2.05, 4.69) is 9.97 Å². The van der Waals surface area contributed by atoms with Gasteiger partial charge in [-0.15, -0.1) is 0 Å². The van der Waals surface area contributed by atoms with Gasteiger partial charge in [-0.1, -0.05) is 42.5 Å². The van der Waals surface area contributed by atoms with Gasteiger partial charge in [0, 0.05) is 19.7 Å². The summed E-state index contributed by atoms with van der Waals surface area (Å²) in [7, 11) is 1.93. The van der Waals surface area contributed by atoms with Crippen LogP contribution in [0.1, 0.15) is 15.9 Å². The molecule has 3 N–H and O–H groups in total. The first kappa shape index (κ1) is 16.4. The summed E-state index contributed by atoms with van der Waals surface area (Å²) in [6, 6.07) is 16.5. The zero-order valence-electron chi connectivity index (χ0n) is 13.8. The molecule has 0 fully saturated rings. The molecule has 0 unspecified atom stereocenters. The Morgan fingerprint density at radius 1 is 1.12 bits per heavy atom. The lowest BCUT2D eigenvalue weighted by molar-refractivity contribution is 0.0697. The summed E-state index contributed by atoms with van der Waals surface area (Å²) in [5, 5.41) is 9.32. The number of nitrogens with two attached hydrogens (primary N) is 1. The molecule has 3 aromatic rings. The summed E-state index contributed by atoms with van der Waals surface area (Å²) >= 11 is 0. The summed E-state index contributed by atoms with van der Waals surface area (Å²) in [6.07, 6.45) is 1.44. The average molecular weight is 334 g/mol. The summed E-state index contributed by atoms with van der Waals surface area (Å²) < 4.78 is 0. The van der Waals surface area contributed by atoms with Gasteiger partial charge in [0.05, 0.1) is 5.56 Å². The fourth-order valence-corrected chi connectivity index (χ4v) is 2.64. The number of nitrogen functional groups attached to an aromatic ring is 1. The van der Waals surface area contributed by atoms with Crippen molar-refractivity contribution in [2.24, 2.45) is 0 Å². The number of carboxylic acid groups (broad SMARTS) is 1. The highest BCUT2D eigenvalue weighted by Gasteiger charge is 2.11. The third-order valence-corrected chi connectivity index (χ3v) is 3.91. The minimum absolute atomic E-state index is 0.295. The van der Waals surface area contributed by atoms with Crippen molar-refractivity contribution in [2.75, 3.05) is 17.7 Å². The van der Waals surface area contributed by atoms with Gasteiger partial charge in [-0.2, -0.15) is 0 Å². The van der Waals surface area contributed by atoms with Crippen LogP contribution in [0.5, 0.6) is 0 Å². The molecule has 0 amide bonds. The molecule has 126 valence electrons. The largest absolute Gasteiger partial charge is 0.478 e. The molecule has 0 spiro atoms. The maximum absolute atomic E-state index is 11.4. The number of aromatic carboxylic acids is 1. The van der Waals surface area contributed by atoms with Crippen LogP contribution in [0.25, 0.3) is 11.1 Å². The van der Waals surface area contributed by atoms with Gasteiger partial charge in [0.1, 0.15) is 18.0 Å². The molecule has 0 bridgehead atoms. The van der Waals surface area contributed by atoms with Crippen LogP contribution < -0.4 is 10.6 Å². The summed E-state index contributed by atoms with van der Waals surface area (Å²) in [5.41, 5.74) is 8.64. The minimum Gasteiger partial charge on any atom is -0.478 e. The Balaban J connectivity index is 1.80. The molecule has 6 heteroatoms. The third kappa shape index (κ3) is 3.74. The van der Waals surface area contributed by atoms with E-state index >= 15 is 0 Å². The van der Waals surface area contributed by atoms with Crippen molar-refractivity contribution in [2.45, 2.75) is 6.54 Å². The van der Waals surface area contributed by atoms with E-state index in [-0.39, 0.29) is 0 Å². The highest BCUT2D eigenvalue weighted by atomic mass is 16.4.